The molecule has 0 bridgehead atoms. The van der Waals surface area contributed by atoms with Gasteiger partial charge in [-0.3, -0.25) is 4.72 Å². The van der Waals surface area contributed by atoms with E-state index in [1.165, 1.54) is 0 Å². The molecule has 0 saturated carbocycles. The Bertz CT molecular complexity index is 832. The third-order valence-electron chi connectivity index (χ3n) is 4.28. The van der Waals surface area contributed by atoms with Crippen LogP contribution in [0.25, 0.3) is 0 Å². The van der Waals surface area contributed by atoms with E-state index in [0.717, 1.165) is 30.1 Å². The maximum Gasteiger partial charge on any atom is 0.236 e. The second-order valence-corrected chi connectivity index (χ2v) is 7.96. The number of hydrogen-bond donors (Lipinski definition) is 1. The number of ether oxygens (including phenoxy) is 2. The SMILES string of the molecule is CCN(CC)c1ccc(NS(=O)(=O)CCOc2ccc(OC)cc2)c(C)c1. The van der Waals surface area contributed by atoms with Crippen molar-refractivity contribution in [1.29, 1.82) is 0 Å². The molecule has 0 aliphatic rings. The van der Waals surface area contributed by atoms with Crippen molar-refractivity contribution in [2.24, 2.45) is 0 Å². The first-order chi connectivity index (χ1) is 12.9. The lowest BCUT2D eigenvalue weighted by Crippen LogP contribution is -2.23. The first kappa shape index (κ1) is 20.9. The van der Waals surface area contributed by atoms with Gasteiger partial charge in [0.05, 0.1) is 12.8 Å². The maximum absolute atomic E-state index is 12.4. The van der Waals surface area contributed by atoms with Crippen molar-refractivity contribution in [3.63, 3.8) is 0 Å². The van der Waals surface area contributed by atoms with E-state index in [2.05, 4.69) is 23.5 Å². The van der Waals surface area contributed by atoms with Crippen molar-refractivity contribution < 1.29 is 17.9 Å². The summed E-state index contributed by atoms with van der Waals surface area (Å²) < 4.78 is 37.9. The number of aryl methyl sites for hydroxylation is 1. The van der Waals surface area contributed by atoms with Gasteiger partial charge in [0.25, 0.3) is 0 Å². The molecule has 0 aliphatic carbocycles. The smallest absolute Gasteiger partial charge is 0.236 e. The molecule has 2 aromatic rings. The summed E-state index contributed by atoms with van der Waals surface area (Å²) in [5.41, 5.74) is 2.57. The van der Waals surface area contributed by atoms with Gasteiger partial charge in [-0.2, -0.15) is 0 Å². The monoisotopic (exact) mass is 392 g/mol. The lowest BCUT2D eigenvalue weighted by atomic mass is 10.1. The quantitative estimate of drug-likeness (QED) is 0.668. The number of nitrogens with one attached hydrogen (secondary N) is 1. The fraction of sp³-hybridized carbons (Fsp3) is 0.400. The van der Waals surface area contributed by atoms with Crippen LogP contribution in [0.1, 0.15) is 19.4 Å². The summed E-state index contributed by atoms with van der Waals surface area (Å²) in [6.07, 6.45) is 0. The van der Waals surface area contributed by atoms with Crippen LogP contribution in [0.15, 0.2) is 42.5 Å². The molecular weight excluding hydrogens is 364 g/mol. The first-order valence-electron chi connectivity index (χ1n) is 9.01. The normalized spacial score (nSPS) is 11.1. The molecule has 0 saturated heterocycles. The average Bonchev–Trinajstić information content (AvgIpc) is 2.65. The highest BCUT2D eigenvalue weighted by atomic mass is 32.2. The molecule has 0 heterocycles. The molecule has 1 N–H and O–H groups in total. The Morgan fingerprint density at radius 2 is 1.63 bits per heavy atom. The van der Waals surface area contributed by atoms with Gasteiger partial charge < -0.3 is 14.4 Å². The molecular formula is C20H28N2O4S. The largest absolute Gasteiger partial charge is 0.497 e. The predicted octanol–water partition coefficient (Wildman–Crippen LogP) is 3.67. The van der Waals surface area contributed by atoms with Crippen molar-refractivity contribution in [3.05, 3.63) is 48.0 Å². The highest BCUT2D eigenvalue weighted by molar-refractivity contribution is 7.92. The van der Waals surface area contributed by atoms with Crippen LogP contribution in [0.3, 0.4) is 0 Å². The molecule has 2 rings (SSSR count). The molecule has 0 radical (unpaired) electrons. The molecule has 0 unspecified atom stereocenters. The molecule has 0 spiro atoms. The molecule has 148 valence electrons. The van der Waals surface area contributed by atoms with Crippen molar-refractivity contribution in [1.82, 2.24) is 0 Å². The molecule has 0 aliphatic heterocycles. The van der Waals surface area contributed by atoms with Crippen LogP contribution in [-0.2, 0) is 10.0 Å². The molecule has 7 heteroatoms. The second kappa shape index (κ2) is 9.50. The zero-order chi connectivity index (χ0) is 19.9. The summed E-state index contributed by atoms with van der Waals surface area (Å²) in [5.74, 6) is 1.20. The molecule has 0 fully saturated rings. The summed E-state index contributed by atoms with van der Waals surface area (Å²) in [5, 5.41) is 0. The highest BCUT2D eigenvalue weighted by Crippen LogP contribution is 2.23. The Morgan fingerprint density at radius 1 is 1.00 bits per heavy atom. The average molecular weight is 393 g/mol. The third-order valence-corrected chi connectivity index (χ3v) is 5.52. The Morgan fingerprint density at radius 3 is 2.19 bits per heavy atom. The molecule has 0 atom stereocenters. The Kier molecular flexibility index (Phi) is 7.36. The van der Waals surface area contributed by atoms with Crippen LogP contribution in [-0.4, -0.2) is 41.0 Å². The fourth-order valence-corrected chi connectivity index (χ4v) is 3.68. The van der Waals surface area contributed by atoms with Crippen LogP contribution >= 0.6 is 0 Å². The van der Waals surface area contributed by atoms with Gasteiger partial charge in [-0.25, -0.2) is 8.42 Å². The van der Waals surface area contributed by atoms with Crippen molar-refractivity contribution in [3.8, 4) is 11.5 Å². The molecule has 0 aromatic heterocycles. The van der Waals surface area contributed by atoms with Gasteiger partial charge in [0.2, 0.25) is 10.0 Å². The predicted molar refractivity (Wildman–Crippen MR) is 111 cm³/mol. The summed E-state index contributed by atoms with van der Waals surface area (Å²) >= 11 is 0. The van der Waals surface area contributed by atoms with E-state index in [9.17, 15) is 8.42 Å². The minimum atomic E-state index is -3.50. The number of hydrogen-bond acceptors (Lipinski definition) is 5. The van der Waals surface area contributed by atoms with Crippen molar-refractivity contribution >= 4 is 21.4 Å². The van der Waals surface area contributed by atoms with Gasteiger partial charge >= 0.3 is 0 Å². The van der Waals surface area contributed by atoms with E-state index in [0.29, 0.717) is 11.4 Å². The number of methoxy groups -OCH3 is 1. The lowest BCUT2D eigenvalue weighted by Gasteiger charge is -2.22. The van der Waals surface area contributed by atoms with E-state index in [4.69, 9.17) is 9.47 Å². The molecule has 2 aromatic carbocycles. The summed E-state index contributed by atoms with van der Waals surface area (Å²) in [6, 6.07) is 12.8. The third kappa shape index (κ3) is 6.06. The Labute approximate surface area is 162 Å². The van der Waals surface area contributed by atoms with E-state index in [-0.39, 0.29) is 12.4 Å². The lowest BCUT2D eigenvalue weighted by molar-refractivity contribution is 0.340. The van der Waals surface area contributed by atoms with Crippen LogP contribution in [0.5, 0.6) is 11.5 Å². The van der Waals surface area contributed by atoms with Gasteiger partial charge in [0.1, 0.15) is 23.9 Å². The van der Waals surface area contributed by atoms with E-state index >= 15 is 0 Å². The second-order valence-electron chi connectivity index (χ2n) is 6.12. The van der Waals surface area contributed by atoms with Crippen LogP contribution in [0.4, 0.5) is 11.4 Å². The van der Waals surface area contributed by atoms with Gasteiger partial charge in [-0.1, -0.05) is 0 Å². The van der Waals surface area contributed by atoms with Crippen molar-refractivity contribution in [2.45, 2.75) is 20.8 Å². The van der Waals surface area contributed by atoms with Gasteiger partial charge in [-0.05, 0) is 68.8 Å². The molecule has 27 heavy (non-hydrogen) atoms. The van der Waals surface area contributed by atoms with Crippen LogP contribution in [0, 0.1) is 6.92 Å². The topological polar surface area (TPSA) is 67.9 Å². The summed E-state index contributed by atoms with van der Waals surface area (Å²) in [6.45, 7) is 7.97. The standard InChI is InChI=1S/C20H28N2O4S/c1-5-22(6-2)17-7-12-20(16(3)15-17)21-27(23,24)14-13-26-19-10-8-18(25-4)9-11-19/h7-12,15,21H,5-6,13-14H2,1-4H3. The van der Waals surface area contributed by atoms with E-state index in [1.54, 1.807) is 31.4 Å². The highest BCUT2D eigenvalue weighted by Gasteiger charge is 2.13. The fourth-order valence-electron chi connectivity index (χ4n) is 2.71. The van der Waals surface area contributed by atoms with Gasteiger partial charge in [0, 0.05) is 18.8 Å². The first-order valence-corrected chi connectivity index (χ1v) is 10.7. The van der Waals surface area contributed by atoms with Crippen LogP contribution in [0.2, 0.25) is 0 Å². The maximum atomic E-state index is 12.4. The summed E-state index contributed by atoms with van der Waals surface area (Å²) in [7, 11) is -1.91. The van der Waals surface area contributed by atoms with Gasteiger partial charge in [-0.15, -0.1) is 0 Å². The minimum Gasteiger partial charge on any atom is -0.497 e. The number of sulfonamides is 1. The number of rotatable bonds is 10. The van der Waals surface area contributed by atoms with E-state index < -0.39 is 10.0 Å². The Balaban J connectivity index is 1.94. The Hall–Kier alpha value is -2.41. The molecule has 0 amide bonds. The number of nitrogens with zero attached hydrogens (tertiary/aromatic N) is 1. The van der Waals surface area contributed by atoms with Gasteiger partial charge in [0.15, 0.2) is 0 Å². The number of benzene rings is 2. The van der Waals surface area contributed by atoms with E-state index in [1.807, 2.05) is 25.1 Å². The summed E-state index contributed by atoms with van der Waals surface area (Å²) in [4.78, 5) is 2.22. The zero-order valence-corrected chi connectivity index (χ0v) is 17.2. The molecule has 6 nitrogen and oxygen atoms in total. The minimum absolute atomic E-state index is 0.0677. The van der Waals surface area contributed by atoms with Crippen LogP contribution < -0.4 is 19.1 Å². The van der Waals surface area contributed by atoms with Crippen molar-refractivity contribution in [2.75, 3.05) is 42.2 Å². The number of anilines is 2. The zero-order valence-electron chi connectivity index (χ0n) is 16.4.